The molecule has 2 aromatic carbocycles. The number of benzene rings is 2. The third kappa shape index (κ3) is 4.94. The summed E-state index contributed by atoms with van der Waals surface area (Å²) >= 11 is 0. The van der Waals surface area contributed by atoms with Crippen LogP contribution in [0.25, 0.3) is 11.1 Å². The molecular formula is C28H30N4O3. The average Bonchev–Trinajstić information content (AvgIpc) is 3.53. The summed E-state index contributed by atoms with van der Waals surface area (Å²) in [5, 5.41) is 14.6. The molecule has 2 heterocycles. The molecule has 1 aliphatic rings. The summed E-state index contributed by atoms with van der Waals surface area (Å²) in [4.78, 5) is 6.52. The Balaban J connectivity index is 1.55. The van der Waals surface area contributed by atoms with Gasteiger partial charge in [0, 0.05) is 43.4 Å². The highest BCUT2D eigenvalue weighted by molar-refractivity contribution is 5.75. The fraction of sp³-hybridized carbons (Fsp3) is 0.286. The first-order chi connectivity index (χ1) is 17.1. The molecular weight excluding hydrogens is 440 g/mol. The molecule has 0 atom stereocenters. The second-order valence-electron chi connectivity index (χ2n) is 8.86. The van der Waals surface area contributed by atoms with E-state index in [9.17, 15) is 5.11 Å². The van der Waals surface area contributed by atoms with Gasteiger partial charge in [-0.2, -0.15) is 5.10 Å². The van der Waals surface area contributed by atoms with E-state index >= 15 is 0 Å². The normalized spacial score (nSPS) is 13.7. The number of aromatic hydroxyl groups is 1. The van der Waals surface area contributed by atoms with Gasteiger partial charge in [0.1, 0.15) is 0 Å². The van der Waals surface area contributed by atoms with Crippen molar-refractivity contribution in [1.29, 1.82) is 0 Å². The third-order valence-electron chi connectivity index (χ3n) is 6.49. The van der Waals surface area contributed by atoms with Gasteiger partial charge in [0.2, 0.25) is 5.88 Å². The maximum atomic E-state index is 10.5. The van der Waals surface area contributed by atoms with E-state index in [2.05, 4.69) is 39.2 Å². The first-order valence-electron chi connectivity index (χ1n) is 11.9. The molecule has 0 spiro atoms. The van der Waals surface area contributed by atoms with Crippen molar-refractivity contribution in [3.05, 3.63) is 78.8 Å². The van der Waals surface area contributed by atoms with E-state index in [-0.39, 0.29) is 12.0 Å². The highest BCUT2D eigenvalue weighted by Crippen LogP contribution is 2.39. The van der Waals surface area contributed by atoms with Crippen LogP contribution in [0, 0.1) is 0 Å². The molecule has 2 aromatic heterocycles. The number of nitrogens with zero attached hydrogens (tertiary/aromatic N) is 4. The van der Waals surface area contributed by atoms with Crippen molar-refractivity contribution in [3.63, 3.8) is 0 Å². The van der Waals surface area contributed by atoms with Gasteiger partial charge in [0.15, 0.2) is 11.5 Å². The summed E-state index contributed by atoms with van der Waals surface area (Å²) < 4.78 is 13.5. The topological polar surface area (TPSA) is 72.6 Å². The second-order valence-corrected chi connectivity index (χ2v) is 8.86. The van der Waals surface area contributed by atoms with Gasteiger partial charge < -0.3 is 19.5 Å². The third-order valence-corrected chi connectivity index (χ3v) is 6.49. The maximum absolute atomic E-state index is 10.5. The Bertz CT molecular complexity index is 1280. The fourth-order valence-corrected chi connectivity index (χ4v) is 4.59. The Morgan fingerprint density at radius 2 is 1.83 bits per heavy atom. The van der Waals surface area contributed by atoms with Crippen LogP contribution < -0.4 is 14.4 Å². The molecule has 0 amide bonds. The predicted molar refractivity (Wildman–Crippen MR) is 136 cm³/mol. The lowest BCUT2D eigenvalue weighted by Crippen LogP contribution is -2.17. The van der Waals surface area contributed by atoms with Gasteiger partial charge in [-0.1, -0.05) is 18.2 Å². The van der Waals surface area contributed by atoms with Gasteiger partial charge in [-0.15, -0.1) is 0 Å². The molecule has 7 nitrogen and oxygen atoms in total. The summed E-state index contributed by atoms with van der Waals surface area (Å²) in [6, 6.07) is 18.2. The van der Waals surface area contributed by atoms with Crippen LogP contribution in [-0.2, 0) is 13.6 Å². The predicted octanol–water partition coefficient (Wildman–Crippen LogP) is 5.86. The lowest BCUT2D eigenvalue weighted by Gasteiger charge is -2.27. The van der Waals surface area contributed by atoms with Crippen LogP contribution >= 0.6 is 0 Å². The molecule has 5 rings (SSSR count). The quantitative estimate of drug-likeness (QED) is 0.348. The number of pyridine rings is 1. The molecule has 7 heteroatoms. The minimum absolute atomic E-state index is 0.137. The Labute approximate surface area is 205 Å². The van der Waals surface area contributed by atoms with E-state index in [1.165, 1.54) is 17.5 Å². The number of aromatic nitrogens is 3. The van der Waals surface area contributed by atoms with Crippen LogP contribution in [0.3, 0.4) is 0 Å². The van der Waals surface area contributed by atoms with Gasteiger partial charge >= 0.3 is 0 Å². The molecule has 0 unspecified atom stereocenters. The summed E-state index contributed by atoms with van der Waals surface area (Å²) in [6.07, 6.45) is 10.1. The first-order valence-corrected chi connectivity index (χ1v) is 11.9. The van der Waals surface area contributed by atoms with Crippen LogP contribution in [0.2, 0.25) is 0 Å². The zero-order valence-electron chi connectivity index (χ0n) is 20.1. The van der Waals surface area contributed by atoms with E-state index < -0.39 is 0 Å². The summed E-state index contributed by atoms with van der Waals surface area (Å²) in [5.74, 6) is 1.63. The molecule has 1 N–H and O–H groups in total. The van der Waals surface area contributed by atoms with Crippen molar-refractivity contribution >= 4 is 11.4 Å². The lowest BCUT2D eigenvalue weighted by atomic mass is 10.1. The SMILES string of the molecule is COc1ccc(N(Cc2cccnc2)c2cccc(-c3cnn(C)c3O)c2)cc1OC1CCCC1. The molecule has 1 saturated carbocycles. The first kappa shape index (κ1) is 22.8. The van der Waals surface area contributed by atoms with Crippen LogP contribution in [0.1, 0.15) is 31.2 Å². The molecule has 180 valence electrons. The van der Waals surface area contributed by atoms with Crippen molar-refractivity contribution in [2.24, 2.45) is 7.05 Å². The number of aryl methyl sites for hydroxylation is 1. The van der Waals surface area contributed by atoms with Crippen LogP contribution in [0.15, 0.2) is 73.2 Å². The molecule has 0 radical (unpaired) electrons. The van der Waals surface area contributed by atoms with E-state index in [1.807, 2.05) is 36.5 Å². The van der Waals surface area contributed by atoms with E-state index in [4.69, 9.17) is 9.47 Å². The molecule has 0 aliphatic heterocycles. The number of methoxy groups -OCH3 is 1. The van der Waals surface area contributed by atoms with Gasteiger partial charge in [0.25, 0.3) is 0 Å². The highest BCUT2D eigenvalue weighted by Gasteiger charge is 2.21. The molecule has 1 fully saturated rings. The van der Waals surface area contributed by atoms with Crippen molar-refractivity contribution in [3.8, 4) is 28.5 Å². The molecule has 0 saturated heterocycles. The van der Waals surface area contributed by atoms with E-state index in [0.29, 0.717) is 12.1 Å². The number of anilines is 2. The van der Waals surface area contributed by atoms with Crippen molar-refractivity contribution in [2.75, 3.05) is 12.0 Å². The Morgan fingerprint density at radius 3 is 2.54 bits per heavy atom. The maximum Gasteiger partial charge on any atom is 0.217 e. The summed E-state index contributed by atoms with van der Waals surface area (Å²) in [6.45, 7) is 0.617. The van der Waals surface area contributed by atoms with Gasteiger partial charge in [-0.3, -0.25) is 4.98 Å². The molecule has 1 aliphatic carbocycles. The van der Waals surface area contributed by atoms with Gasteiger partial charge in [-0.05, 0) is 67.1 Å². The smallest absolute Gasteiger partial charge is 0.217 e. The van der Waals surface area contributed by atoms with Crippen molar-refractivity contribution < 1.29 is 14.6 Å². The van der Waals surface area contributed by atoms with Crippen LogP contribution in [0.4, 0.5) is 11.4 Å². The van der Waals surface area contributed by atoms with Crippen molar-refractivity contribution in [1.82, 2.24) is 14.8 Å². The zero-order chi connectivity index (χ0) is 24.2. The molecule has 4 aromatic rings. The summed E-state index contributed by atoms with van der Waals surface area (Å²) in [7, 11) is 3.40. The molecule has 0 bridgehead atoms. The Hall–Kier alpha value is -4.00. The minimum atomic E-state index is 0.137. The largest absolute Gasteiger partial charge is 0.493 e. The highest BCUT2D eigenvalue weighted by atomic mass is 16.5. The minimum Gasteiger partial charge on any atom is -0.493 e. The van der Waals surface area contributed by atoms with E-state index in [1.54, 1.807) is 26.6 Å². The van der Waals surface area contributed by atoms with Gasteiger partial charge in [0.05, 0.1) is 25.0 Å². The monoisotopic (exact) mass is 470 g/mol. The lowest BCUT2D eigenvalue weighted by molar-refractivity contribution is 0.201. The number of hydrogen-bond acceptors (Lipinski definition) is 6. The molecule has 35 heavy (non-hydrogen) atoms. The van der Waals surface area contributed by atoms with Crippen molar-refractivity contribution in [2.45, 2.75) is 38.3 Å². The van der Waals surface area contributed by atoms with Gasteiger partial charge in [-0.25, -0.2) is 4.68 Å². The Morgan fingerprint density at radius 1 is 1.00 bits per heavy atom. The average molecular weight is 471 g/mol. The second kappa shape index (κ2) is 10.1. The summed E-state index contributed by atoms with van der Waals surface area (Å²) in [5.41, 5.74) is 4.62. The van der Waals surface area contributed by atoms with E-state index in [0.717, 1.165) is 46.8 Å². The zero-order valence-corrected chi connectivity index (χ0v) is 20.1. The van der Waals surface area contributed by atoms with Crippen LogP contribution in [0.5, 0.6) is 17.4 Å². The number of hydrogen-bond donors (Lipinski definition) is 1. The fourth-order valence-electron chi connectivity index (χ4n) is 4.59. The van der Waals surface area contributed by atoms with Crippen LogP contribution in [-0.4, -0.2) is 33.1 Å². The standard InChI is InChI=1S/C28H30N4O3/c1-31-28(33)25(18-30-31)21-8-5-9-22(15-21)32(19-20-7-6-14-29-17-20)23-12-13-26(34-2)27(16-23)35-24-10-3-4-11-24/h5-9,12-18,24,33H,3-4,10-11,19H2,1-2H3. The number of rotatable bonds is 8. The number of ether oxygens (including phenoxy) is 2. The Kier molecular flexibility index (Phi) is 6.57.